The maximum Gasteiger partial charge on any atom is 0.145 e. The molecule has 0 radical (unpaired) electrons. The van der Waals surface area contributed by atoms with E-state index in [1.807, 2.05) is 24.3 Å². The molecule has 1 aliphatic rings. The fourth-order valence-corrected chi connectivity index (χ4v) is 6.93. The van der Waals surface area contributed by atoms with Gasteiger partial charge in [0.05, 0.1) is 16.8 Å². The lowest BCUT2D eigenvalue weighted by Gasteiger charge is -2.26. The van der Waals surface area contributed by atoms with Gasteiger partial charge in [0.25, 0.3) is 0 Å². The van der Waals surface area contributed by atoms with Crippen molar-refractivity contribution < 1.29 is 0 Å². The van der Waals surface area contributed by atoms with Crippen LogP contribution in [0.15, 0.2) is 34.7 Å². The number of aromatic nitrogens is 2. The molecule has 6 nitrogen and oxygen atoms in total. The standard InChI is InChI=1S/C30H35ClN6S2/c1-3-4-15-37(2)16-14-34-28-25(17-32)27(21-8-6-5-7-9-21)26(18-33)30(36-28)39-20-24-19-38-29(35-24)22-10-12-23(31)13-11-22/h10-13,19,21H,3-9,14-16,20H2,1-2H3,(H,34,36). The molecule has 1 N–H and O–H groups in total. The van der Waals surface area contributed by atoms with Gasteiger partial charge in [-0.2, -0.15) is 10.5 Å². The average molecular weight is 579 g/mol. The van der Waals surface area contributed by atoms with E-state index in [2.05, 4.69) is 41.7 Å². The molecule has 0 atom stereocenters. The first-order chi connectivity index (χ1) is 19.0. The minimum absolute atomic E-state index is 0.217. The van der Waals surface area contributed by atoms with Crippen molar-refractivity contribution in [3.05, 3.63) is 57.1 Å². The van der Waals surface area contributed by atoms with Gasteiger partial charge in [-0.3, -0.25) is 0 Å². The summed E-state index contributed by atoms with van der Waals surface area (Å²) >= 11 is 9.16. The van der Waals surface area contributed by atoms with Crippen molar-refractivity contribution in [3.8, 4) is 22.7 Å². The minimum Gasteiger partial charge on any atom is -0.368 e. The summed E-state index contributed by atoms with van der Waals surface area (Å²) in [5, 5.41) is 28.3. The van der Waals surface area contributed by atoms with E-state index in [0.29, 0.717) is 39.3 Å². The number of likely N-dealkylation sites (N-methyl/N-ethyl adjacent to an activating group) is 1. The van der Waals surface area contributed by atoms with Crippen molar-refractivity contribution in [2.24, 2.45) is 0 Å². The highest BCUT2D eigenvalue weighted by Gasteiger charge is 2.27. The van der Waals surface area contributed by atoms with E-state index >= 15 is 0 Å². The minimum atomic E-state index is 0.217. The Morgan fingerprint density at radius 3 is 2.51 bits per heavy atom. The fourth-order valence-electron chi connectivity index (χ4n) is 4.98. The number of hydrogen-bond acceptors (Lipinski definition) is 8. The first-order valence-corrected chi connectivity index (χ1v) is 15.9. The van der Waals surface area contributed by atoms with Crippen LogP contribution in [0.5, 0.6) is 0 Å². The number of halogens is 1. The van der Waals surface area contributed by atoms with Crippen molar-refractivity contribution in [2.45, 2.75) is 68.6 Å². The Kier molecular flexibility index (Phi) is 11.1. The number of unbranched alkanes of at least 4 members (excludes halogenated alkanes) is 1. The number of anilines is 1. The summed E-state index contributed by atoms with van der Waals surface area (Å²) in [6, 6.07) is 12.5. The quantitative estimate of drug-likeness (QED) is 0.217. The van der Waals surface area contributed by atoms with Crippen molar-refractivity contribution in [1.82, 2.24) is 14.9 Å². The van der Waals surface area contributed by atoms with Crippen molar-refractivity contribution in [2.75, 3.05) is 32.0 Å². The topological polar surface area (TPSA) is 88.6 Å². The van der Waals surface area contributed by atoms with Gasteiger partial charge in [-0.1, -0.05) is 68.1 Å². The first kappa shape index (κ1) is 29.4. The van der Waals surface area contributed by atoms with Gasteiger partial charge in [0, 0.05) is 34.8 Å². The van der Waals surface area contributed by atoms with Gasteiger partial charge in [-0.05, 0) is 56.5 Å². The SMILES string of the molecule is CCCCN(C)CCNc1nc(SCc2csc(-c3ccc(Cl)cc3)n2)c(C#N)c(C2CCCCC2)c1C#N. The normalized spacial score (nSPS) is 13.8. The largest absolute Gasteiger partial charge is 0.368 e. The second-order valence-electron chi connectivity index (χ2n) is 10.0. The zero-order chi connectivity index (χ0) is 27.6. The monoisotopic (exact) mass is 578 g/mol. The van der Waals surface area contributed by atoms with Crippen LogP contribution < -0.4 is 5.32 Å². The van der Waals surface area contributed by atoms with E-state index in [-0.39, 0.29) is 5.92 Å². The third-order valence-electron chi connectivity index (χ3n) is 7.12. The van der Waals surface area contributed by atoms with Crippen molar-refractivity contribution >= 4 is 40.5 Å². The van der Waals surface area contributed by atoms with Crippen LogP contribution in [-0.4, -0.2) is 41.5 Å². The van der Waals surface area contributed by atoms with Gasteiger partial charge in [-0.25, -0.2) is 9.97 Å². The van der Waals surface area contributed by atoms with E-state index in [9.17, 15) is 10.5 Å². The van der Waals surface area contributed by atoms with Crippen LogP contribution in [-0.2, 0) is 5.75 Å². The molecule has 0 unspecified atom stereocenters. The van der Waals surface area contributed by atoms with Gasteiger partial charge < -0.3 is 10.2 Å². The predicted molar refractivity (Wildman–Crippen MR) is 163 cm³/mol. The molecule has 3 aromatic rings. The van der Waals surface area contributed by atoms with Crippen LogP contribution in [0.1, 0.15) is 80.2 Å². The van der Waals surface area contributed by atoms with Crippen LogP contribution in [0, 0.1) is 22.7 Å². The molecule has 1 aromatic carbocycles. The van der Waals surface area contributed by atoms with E-state index in [1.165, 1.54) is 24.6 Å². The Hall–Kier alpha value is -2.62. The lowest BCUT2D eigenvalue weighted by Crippen LogP contribution is -2.26. The molecule has 2 heterocycles. The maximum atomic E-state index is 10.3. The third kappa shape index (κ3) is 7.74. The number of nitriles is 2. The number of nitrogens with one attached hydrogen (secondary N) is 1. The highest BCUT2D eigenvalue weighted by Crippen LogP contribution is 2.41. The van der Waals surface area contributed by atoms with E-state index < -0.39 is 0 Å². The number of hydrogen-bond donors (Lipinski definition) is 1. The molecule has 39 heavy (non-hydrogen) atoms. The van der Waals surface area contributed by atoms with Crippen LogP contribution in [0.4, 0.5) is 5.82 Å². The molecule has 2 aromatic heterocycles. The highest BCUT2D eigenvalue weighted by atomic mass is 35.5. The number of thiazole rings is 1. The molecule has 0 saturated heterocycles. The molecule has 204 valence electrons. The number of thioether (sulfide) groups is 1. The van der Waals surface area contributed by atoms with Crippen LogP contribution in [0.2, 0.25) is 5.02 Å². The number of pyridine rings is 1. The maximum absolute atomic E-state index is 10.3. The molecular weight excluding hydrogens is 544 g/mol. The van der Waals surface area contributed by atoms with Crippen LogP contribution in [0.25, 0.3) is 10.6 Å². The molecule has 0 aliphatic heterocycles. The second-order valence-corrected chi connectivity index (χ2v) is 12.3. The number of rotatable bonds is 12. The zero-order valence-corrected chi connectivity index (χ0v) is 25.1. The molecule has 1 saturated carbocycles. The lowest BCUT2D eigenvalue weighted by atomic mass is 9.80. The summed E-state index contributed by atoms with van der Waals surface area (Å²) in [5.41, 5.74) is 3.96. The van der Waals surface area contributed by atoms with Gasteiger partial charge in [0.1, 0.15) is 28.0 Å². The Bertz CT molecular complexity index is 1320. The van der Waals surface area contributed by atoms with Crippen LogP contribution in [0.3, 0.4) is 0 Å². The highest BCUT2D eigenvalue weighted by molar-refractivity contribution is 7.98. The Morgan fingerprint density at radius 2 is 1.82 bits per heavy atom. The van der Waals surface area contributed by atoms with E-state index in [0.717, 1.165) is 67.0 Å². The van der Waals surface area contributed by atoms with Gasteiger partial charge in [-0.15, -0.1) is 11.3 Å². The summed E-state index contributed by atoms with van der Waals surface area (Å²) in [5.74, 6) is 1.42. The molecule has 0 bridgehead atoms. The summed E-state index contributed by atoms with van der Waals surface area (Å²) in [6.07, 6.45) is 7.81. The van der Waals surface area contributed by atoms with Gasteiger partial charge in [0.2, 0.25) is 0 Å². The summed E-state index contributed by atoms with van der Waals surface area (Å²) < 4.78 is 0. The van der Waals surface area contributed by atoms with Crippen molar-refractivity contribution in [3.63, 3.8) is 0 Å². The fraction of sp³-hybridized carbons (Fsp3) is 0.467. The summed E-state index contributed by atoms with van der Waals surface area (Å²) in [6.45, 7) is 4.80. The number of benzene rings is 1. The van der Waals surface area contributed by atoms with Crippen molar-refractivity contribution in [1.29, 1.82) is 10.5 Å². The first-order valence-electron chi connectivity index (χ1n) is 13.7. The number of nitrogens with zero attached hydrogens (tertiary/aromatic N) is 5. The molecule has 1 aliphatic carbocycles. The van der Waals surface area contributed by atoms with Gasteiger partial charge in [0.15, 0.2) is 0 Å². The Morgan fingerprint density at radius 1 is 1.08 bits per heavy atom. The molecule has 9 heteroatoms. The van der Waals surface area contributed by atoms with Gasteiger partial charge >= 0.3 is 0 Å². The second kappa shape index (κ2) is 14.7. The summed E-state index contributed by atoms with van der Waals surface area (Å²) in [4.78, 5) is 12.0. The lowest BCUT2D eigenvalue weighted by molar-refractivity contribution is 0.340. The van der Waals surface area contributed by atoms with E-state index in [1.54, 1.807) is 11.3 Å². The Balaban J connectivity index is 1.59. The molecule has 0 spiro atoms. The van der Waals surface area contributed by atoms with E-state index in [4.69, 9.17) is 21.6 Å². The molecule has 1 fully saturated rings. The zero-order valence-electron chi connectivity index (χ0n) is 22.7. The molecule has 4 rings (SSSR count). The Labute approximate surface area is 245 Å². The van der Waals surface area contributed by atoms with Crippen LogP contribution >= 0.6 is 34.7 Å². The predicted octanol–water partition coefficient (Wildman–Crippen LogP) is 8.09. The molecule has 0 amide bonds. The molecular formula is C30H35ClN6S2. The average Bonchev–Trinajstić information content (AvgIpc) is 3.44. The smallest absolute Gasteiger partial charge is 0.145 e. The summed E-state index contributed by atoms with van der Waals surface area (Å²) in [7, 11) is 2.12. The third-order valence-corrected chi connectivity index (χ3v) is 9.32.